The van der Waals surface area contributed by atoms with E-state index in [1.807, 2.05) is 0 Å². The van der Waals surface area contributed by atoms with Crippen molar-refractivity contribution in [3.8, 4) is 0 Å². The van der Waals surface area contributed by atoms with E-state index in [4.69, 9.17) is 0 Å². The first-order valence-corrected chi connectivity index (χ1v) is 9.93. The normalized spacial score (nSPS) is 44.8. The first kappa shape index (κ1) is 15.3. The summed E-state index contributed by atoms with van der Waals surface area (Å²) in [5.74, 6) is 1.59. The Morgan fingerprint density at radius 2 is 2.17 bits per heavy atom. The van der Waals surface area contributed by atoms with Crippen molar-refractivity contribution in [3.63, 3.8) is 0 Å². The maximum absolute atomic E-state index is 13.2. The molecular weight excluding hydrogens is 298 g/mol. The summed E-state index contributed by atoms with van der Waals surface area (Å²) in [5, 5.41) is 15.3. The quantitative estimate of drug-likeness (QED) is 0.818. The van der Waals surface area contributed by atoms with Crippen LogP contribution in [-0.4, -0.2) is 29.1 Å². The van der Waals surface area contributed by atoms with Crippen LogP contribution in [0.15, 0.2) is 22.8 Å². The van der Waals surface area contributed by atoms with Gasteiger partial charge in [-0.05, 0) is 68.6 Å². The second kappa shape index (κ2) is 5.04. The number of carbonyl (C=O) groups excluding carboxylic acids is 1. The monoisotopic (exact) mass is 327 g/mol. The van der Waals surface area contributed by atoms with Crippen molar-refractivity contribution in [2.45, 2.75) is 76.4 Å². The zero-order valence-corrected chi connectivity index (χ0v) is 14.7. The van der Waals surface area contributed by atoms with Crippen molar-refractivity contribution in [2.24, 2.45) is 17.3 Å². The van der Waals surface area contributed by atoms with Gasteiger partial charge in [-0.2, -0.15) is 0 Å². The van der Waals surface area contributed by atoms with Crippen molar-refractivity contribution in [3.05, 3.63) is 22.8 Å². The molecule has 0 aromatic rings. The molecule has 0 spiro atoms. The summed E-state index contributed by atoms with van der Waals surface area (Å²) in [6, 6.07) is 0.388. The van der Waals surface area contributed by atoms with E-state index in [1.54, 1.807) is 0 Å². The van der Waals surface area contributed by atoms with Gasteiger partial charge in [0.25, 0.3) is 0 Å². The largest absolute Gasteiger partial charge is 0.385 e. The second-order valence-corrected chi connectivity index (χ2v) is 9.15. The summed E-state index contributed by atoms with van der Waals surface area (Å²) < 4.78 is 0. The van der Waals surface area contributed by atoms with Gasteiger partial charge < -0.3 is 10.4 Å². The average Bonchev–Trinajstić information content (AvgIpc) is 3.32. The number of piperidine rings is 1. The lowest BCUT2D eigenvalue weighted by atomic mass is 9.49. The van der Waals surface area contributed by atoms with Crippen molar-refractivity contribution in [1.82, 2.24) is 5.32 Å². The number of allylic oxidation sites excluding steroid dienone is 2. The highest BCUT2D eigenvalue weighted by atomic mass is 16.3. The number of carbonyl (C=O) groups is 1. The van der Waals surface area contributed by atoms with Gasteiger partial charge >= 0.3 is 0 Å². The van der Waals surface area contributed by atoms with E-state index < -0.39 is 5.60 Å². The predicted molar refractivity (Wildman–Crippen MR) is 93.5 cm³/mol. The first-order valence-electron chi connectivity index (χ1n) is 9.93. The van der Waals surface area contributed by atoms with Crippen molar-refractivity contribution >= 4 is 5.78 Å². The topological polar surface area (TPSA) is 49.3 Å². The Labute approximate surface area is 144 Å². The minimum Gasteiger partial charge on any atom is -0.385 e. The van der Waals surface area contributed by atoms with E-state index in [9.17, 15) is 9.90 Å². The van der Waals surface area contributed by atoms with Crippen LogP contribution in [0, 0.1) is 17.3 Å². The number of hydrogen-bond acceptors (Lipinski definition) is 3. The molecule has 1 heterocycles. The van der Waals surface area contributed by atoms with E-state index in [2.05, 4.69) is 18.3 Å². The minimum absolute atomic E-state index is 0.291. The third-order valence-corrected chi connectivity index (χ3v) is 7.54. The van der Waals surface area contributed by atoms with Gasteiger partial charge in [0, 0.05) is 18.9 Å². The maximum Gasteiger partial charge on any atom is 0.143 e. The molecule has 0 amide bonds. The summed E-state index contributed by atoms with van der Waals surface area (Å²) in [6.07, 6.45) is 11.3. The lowest BCUT2D eigenvalue weighted by molar-refractivity contribution is -0.136. The van der Waals surface area contributed by atoms with Gasteiger partial charge in [-0.25, -0.2) is 0 Å². The molecule has 2 bridgehead atoms. The van der Waals surface area contributed by atoms with E-state index in [-0.39, 0.29) is 5.41 Å². The molecule has 0 aromatic carbocycles. The third-order valence-electron chi connectivity index (χ3n) is 7.54. The molecule has 130 valence electrons. The molecule has 3 fully saturated rings. The third kappa shape index (κ3) is 2.00. The number of rotatable bonds is 2. The van der Waals surface area contributed by atoms with Crippen LogP contribution in [0.25, 0.3) is 0 Å². The summed E-state index contributed by atoms with van der Waals surface area (Å²) in [5.41, 5.74) is 2.76. The van der Waals surface area contributed by atoms with Gasteiger partial charge in [0.2, 0.25) is 0 Å². The molecule has 5 aliphatic rings. The fourth-order valence-corrected chi connectivity index (χ4v) is 6.44. The Bertz CT molecular complexity index is 659. The number of aliphatic hydroxyl groups is 1. The molecular formula is C21H29NO2. The smallest absolute Gasteiger partial charge is 0.143 e. The molecule has 3 nitrogen and oxygen atoms in total. The fraction of sp³-hybridized carbons (Fsp3) is 0.762. The van der Waals surface area contributed by atoms with Gasteiger partial charge in [-0.15, -0.1) is 0 Å². The van der Waals surface area contributed by atoms with Gasteiger partial charge in [-0.1, -0.05) is 24.5 Å². The van der Waals surface area contributed by atoms with Crippen LogP contribution in [-0.2, 0) is 4.79 Å². The van der Waals surface area contributed by atoms with E-state index in [0.717, 1.165) is 51.5 Å². The molecule has 4 aliphatic carbocycles. The van der Waals surface area contributed by atoms with Crippen LogP contribution in [0.5, 0.6) is 0 Å². The summed E-state index contributed by atoms with van der Waals surface area (Å²) in [4.78, 5) is 13.2. The van der Waals surface area contributed by atoms with Gasteiger partial charge in [0.15, 0.2) is 0 Å². The van der Waals surface area contributed by atoms with Crippen LogP contribution in [0.3, 0.4) is 0 Å². The maximum atomic E-state index is 13.2. The molecule has 0 radical (unpaired) electrons. The standard InChI is InChI=1S/C21H29NO2/c1-13-9-17-16(20(24,11-13)12-14-5-6-14)10-18-15-3-2-4-19(23)21(15,17)7-8-22-18/h9,14-15,18,22,24H,2-8,10-12H2,1H3/t15-,18+,20?,21-/m0/s1. The molecule has 1 saturated heterocycles. The lowest BCUT2D eigenvalue weighted by Crippen LogP contribution is -2.62. The molecule has 1 unspecified atom stereocenters. The van der Waals surface area contributed by atoms with Crippen molar-refractivity contribution < 1.29 is 9.90 Å². The Balaban J connectivity index is 1.68. The summed E-state index contributed by atoms with van der Waals surface area (Å²) in [7, 11) is 0. The van der Waals surface area contributed by atoms with Crippen molar-refractivity contribution in [2.75, 3.05) is 6.54 Å². The van der Waals surface area contributed by atoms with Crippen LogP contribution in [0.4, 0.5) is 0 Å². The molecule has 0 aromatic heterocycles. The van der Waals surface area contributed by atoms with Crippen LogP contribution in [0.1, 0.15) is 64.7 Å². The summed E-state index contributed by atoms with van der Waals surface area (Å²) in [6.45, 7) is 3.09. The number of hydrogen-bond donors (Lipinski definition) is 2. The second-order valence-electron chi connectivity index (χ2n) is 9.15. The molecule has 3 heteroatoms. The Morgan fingerprint density at radius 1 is 1.33 bits per heavy atom. The van der Waals surface area contributed by atoms with E-state index in [0.29, 0.717) is 23.7 Å². The highest BCUT2D eigenvalue weighted by Crippen LogP contribution is 2.60. The number of ketones is 1. The van der Waals surface area contributed by atoms with E-state index >= 15 is 0 Å². The predicted octanol–water partition coefficient (Wildman–Crippen LogP) is 3.29. The van der Waals surface area contributed by atoms with Crippen molar-refractivity contribution in [1.29, 1.82) is 0 Å². The Morgan fingerprint density at radius 3 is 2.96 bits per heavy atom. The minimum atomic E-state index is -0.692. The molecule has 24 heavy (non-hydrogen) atoms. The number of Topliss-reactive ketones (excluding diaryl/α,β-unsaturated/α-hetero) is 1. The Kier molecular flexibility index (Phi) is 3.22. The fourth-order valence-electron chi connectivity index (χ4n) is 6.44. The van der Waals surface area contributed by atoms with Gasteiger partial charge in [-0.3, -0.25) is 4.79 Å². The molecule has 4 atom stereocenters. The zero-order valence-electron chi connectivity index (χ0n) is 14.7. The first-order chi connectivity index (χ1) is 11.5. The van der Waals surface area contributed by atoms with Crippen LogP contribution >= 0.6 is 0 Å². The van der Waals surface area contributed by atoms with Gasteiger partial charge in [0.1, 0.15) is 5.78 Å². The van der Waals surface area contributed by atoms with Crippen LogP contribution in [0.2, 0.25) is 0 Å². The number of nitrogens with one attached hydrogen (secondary N) is 1. The average molecular weight is 327 g/mol. The van der Waals surface area contributed by atoms with Crippen LogP contribution < -0.4 is 5.32 Å². The zero-order chi connectivity index (χ0) is 16.5. The molecule has 5 rings (SSSR count). The highest BCUT2D eigenvalue weighted by molar-refractivity contribution is 5.91. The molecule has 2 N–H and O–H groups in total. The Hall–Kier alpha value is -0.930. The molecule has 2 saturated carbocycles. The molecule has 1 aliphatic heterocycles. The van der Waals surface area contributed by atoms with Gasteiger partial charge in [0.05, 0.1) is 11.0 Å². The summed E-state index contributed by atoms with van der Waals surface area (Å²) >= 11 is 0. The van der Waals surface area contributed by atoms with E-state index in [1.165, 1.54) is 29.6 Å². The highest BCUT2D eigenvalue weighted by Gasteiger charge is 2.59. The SMILES string of the molecule is CC1=CC2=C(C[C@H]3NCC[C@@]24C(=O)CCC[C@@H]34)C(O)(CC2CC2)C1. The lowest BCUT2D eigenvalue weighted by Gasteiger charge is -2.57.